The van der Waals surface area contributed by atoms with Crippen LogP contribution in [-0.2, 0) is 11.2 Å². The van der Waals surface area contributed by atoms with Gasteiger partial charge in [0.15, 0.2) is 12.3 Å². The molecule has 1 unspecified atom stereocenters. The lowest BCUT2D eigenvalue weighted by atomic mass is 9.97. The maximum atomic E-state index is 13.1. The molecule has 0 radical (unpaired) electrons. The van der Waals surface area contributed by atoms with Crippen LogP contribution in [0.4, 0.5) is 17.5 Å². The van der Waals surface area contributed by atoms with Crippen LogP contribution in [0.25, 0.3) is 11.0 Å². The van der Waals surface area contributed by atoms with Gasteiger partial charge in [-0.15, -0.1) is 0 Å². The standard InChI is InChI=1S/C22H20ClN7O2/c23-14-5-3-6-16(9-14)32-12-19(31)30-11-15(8-13-4-1-2-7-18(13)30)26-20-17-10-25-29-21(17)28-22(24)27-20/h1-7,9-10,15H,8,11-12H2,(H4,24,25,26,27,28,29). The van der Waals surface area contributed by atoms with Crippen LogP contribution in [0.5, 0.6) is 5.75 Å². The Morgan fingerprint density at radius 1 is 1.25 bits per heavy atom. The highest BCUT2D eigenvalue weighted by Gasteiger charge is 2.29. The second kappa shape index (κ2) is 8.35. The van der Waals surface area contributed by atoms with Crippen molar-refractivity contribution in [3.63, 3.8) is 0 Å². The van der Waals surface area contributed by atoms with Crippen LogP contribution in [0.1, 0.15) is 5.56 Å². The maximum absolute atomic E-state index is 13.1. The minimum Gasteiger partial charge on any atom is -0.484 e. The number of nitrogens with zero attached hydrogens (tertiary/aromatic N) is 4. The number of anilines is 3. The van der Waals surface area contributed by atoms with E-state index in [0.29, 0.717) is 28.8 Å². The number of rotatable bonds is 5. The fourth-order valence-corrected chi connectivity index (χ4v) is 4.04. The second-order valence-electron chi connectivity index (χ2n) is 7.49. The van der Waals surface area contributed by atoms with E-state index < -0.39 is 0 Å². The summed E-state index contributed by atoms with van der Waals surface area (Å²) in [6.45, 7) is 0.339. The molecule has 2 aromatic carbocycles. The van der Waals surface area contributed by atoms with Crippen LogP contribution in [0.15, 0.2) is 54.7 Å². The number of para-hydroxylation sites is 1. The fourth-order valence-electron chi connectivity index (χ4n) is 3.86. The third kappa shape index (κ3) is 4.02. The first-order chi connectivity index (χ1) is 15.6. The molecule has 4 aromatic rings. The van der Waals surface area contributed by atoms with E-state index in [4.69, 9.17) is 22.1 Å². The maximum Gasteiger partial charge on any atom is 0.264 e. The summed E-state index contributed by atoms with van der Waals surface area (Å²) in [5.74, 6) is 1.11. The van der Waals surface area contributed by atoms with Crippen LogP contribution in [0.3, 0.4) is 0 Å². The third-order valence-corrected chi connectivity index (χ3v) is 5.51. The molecule has 0 fully saturated rings. The minimum absolute atomic E-state index is 0.0904. The summed E-state index contributed by atoms with van der Waals surface area (Å²) in [6, 6.07) is 14.7. The number of halogens is 1. The van der Waals surface area contributed by atoms with E-state index in [0.717, 1.165) is 23.1 Å². The van der Waals surface area contributed by atoms with Crippen LogP contribution >= 0.6 is 11.6 Å². The van der Waals surface area contributed by atoms with Crippen molar-refractivity contribution in [1.82, 2.24) is 20.2 Å². The SMILES string of the molecule is Nc1nc(NC2Cc3ccccc3N(C(=O)COc3cccc(Cl)c3)C2)c2cn[nH]c2n1. The van der Waals surface area contributed by atoms with Crippen molar-refractivity contribution in [1.29, 1.82) is 0 Å². The monoisotopic (exact) mass is 449 g/mol. The molecule has 162 valence electrons. The van der Waals surface area contributed by atoms with Crippen LogP contribution < -0.4 is 20.7 Å². The number of hydrogen-bond acceptors (Lipinski definition) is 7. The molecule has 3 heterocycles. The van der Waals surface area contributed by atoms with E-state index >= 15 is 0 Å². The first-order valence-electron chi connectivity index (χ1n) is 10.1. The van der Waals surface area contributed by atoms with Crippen molar-refractivity contribution in [2.24, 2.45) is 0 Å². The van der Waals surface area contributed by atoms with Crippen LogP contribution in [0.2, 0.25) is 5.02 Å². The first-order valence-corrected chi connectivity index (χ1v) is 10.4. The number of nitrogen functional groups attached to an aromatic ring is 1. The molecule has 0 saturated heterocycles. The van der Waals surface area contributed by atoms with Gasteiger partial charge in [-0.3, -0.25) is 9.89 Å². The number of carbonyl (C=O) groups excluding carboxylic acids is 1. The van der Waals surface area contributed by atoms with Crippen molar-refractivity contribution in [3.05, 3.63) is 65.3 Å². The first kappa shape index (κ1) is 20.1. The van der Waals surface area contributed by atoms with Gasteiger partial charge in [0.2, 0.25) is 5.95 Å². The average molecular weight is 450 g/mol. The Hall–Kier alpha value is -3.85. The van der Waals surface area contributed by atoms with Gasteiger partial charge in [0.05, 0.1) is 11.6 Å². The Morgan fingerprint density at radius 2 is 2.12 bits per heavy atom. The van der Waals surface area contributed by atoms with Crippen LogP contribution in [0, 0.1) is 0 Å². The summed E-state index contributed by atoms with van der Waals surface area (Å²) in [7, 11) is 0. The van der Waals surface area contributed by atoms with Gasteiger partial charge >= 0.3 is 0 Å². The number of ether oxygens (including phenoxy) is 1. The zero-order valence-corrected chi connectivity index (χ0v) is 17.7. The number of hydrogen-bond donors (Lipinski definition) is 3. The molecule has 0 aliphatic carbocycles. The number of aromatic amines is 1. The van der Waals surface area contributed by atoms with Crippen molar-refractivity contribution >= 4 is 46.0 Å². The number of fused-ring (bicyclic) bond motifs is 2. The van der Waals surface area contributed by atoms with Gasteiger partial charge < -0.3 is 20.7 Å². The summed E-state index contributed by atoms with van der Waals surface area (Å²) in [5, 5.41) is 11.5. The molecule has 4 N–H and O–H groups in total. The van der Waals surface area contributed by atoms with Gasteiger partial charge in [-0.05, 0) is 36.2 Å². The predicted molar refractivity (Wildman–Crippen MR) is 123 cm³/mol. The van der Waals surface area contributed by atoms with Crippen LogP contribution in [-0.4, -0.2) is 45.3 Å². The lowest BCUT2D eigenvalue weighted by Gasteiger charge is -2.35. The zero-order chi connectivity index (χ0) is 22.1. The molecular formula is C22H20ClN7O2. The second-order valence-corrected chi connectivity index (χ2v) is 7.92. The van der Waals surface area contributed by atoms with Crippen molar-refractivity contribution in [3.8, 4) is 5.75 Å². The highest BCUT2D eigenvalue weighted by Crippen LogP contribution is 2.29. The quantitative estimate of drug-likeness (QED) is 0.428. The van der Waals surface area contributed by atoms with E-state index in [1.54, 1.807) is 35.4 Å². The number of aromatic nitrogens is 4. The third-order valence-electron chi connectivity index (χ3n) is 5.28. The molecule has 2 aromatic heterocycles. The molecule has 1 aliphatic rings. The Morgan fingerprint density at radius 3 is 3.00 bits per heavy atom. The van der Waals surface area contributed by atoms with Crippen molar-refractivity contribution in [2.45, 2.75) is 12.5 Å². The molecule has 0 bridgehead atoms. The molecule has 5 rings (SSSR count). The Kier molecular flexibility index (Phi) is 5.24. The van der Waals surface area contributed by atoms with E-state index in [1.165, 1.54) is 0 Å². The number of nitrogens with one attached hydrogen (secondary N) is 2. The molecule has 0 saturated carbocycles. The van der Waals surface area contributed by atoms with E-state index in [2.05, 4.69) is 25.5 Å². The predicted octanol–water partition coefficient (Wildman–Crippen LogP) is 3.04. The summed E-state index contributed by atoms with van der Waals surface area (Å²) in [5.41, 5.74) is 8.33. The molecule has 1 atom stereocenters. The lowest BCUT2D eigenvalue weighted by molar-refractivity contribution is -0.120. The normalized spacial score (nSPS) is 15.4. The minimum atomic E-state index is -0.153. The van der Waals surface area contributed by atoms with E-state index in [1.807, 2.05) is 24.3 Å². The summed E-state index contributed by atoms with van der Waals surface area (Å²) < 4.78 is 5.69. The molecule has 10 heteroatoms. The highest BCUT2D eigenvalue weighted by molar-refractivity contribution is 6.30. The van der Waals surface area contributed by atoms with Gasteiger partial charge in [-0.25, -0.2) is 0 Å². The summed E-state index contributed by atoms with van der Waals surface area (Å²) in [6.07, 6.45) is 2.37. The number of amides is 1. The van der Waals surface area contributed by atoms with E-state index in [9.17, 15) is 4.79 Å². The van der Waals surface area contributed by atoms with Gasteiger partial charge in [-0.1, -0.05) is 35.9 Å². The van der Waals surface area contributed by atoms with Crippen molar-refractivity contribution in [2.75, 3.05) is 29.1 Å². The zero-order valence-electron chi connectivity index (χ0n) is 17.0. The smallest absolute Gasteiger partial charge is 0.264 e. The number of H-pyrrole nitrogens is 1. The molecule has 0 spiro atoms. The molecule has 32 heavy (non-hydrogen) atoms. The molecule has 9 nitrogen and oxygen atoms in total. The average Bonchev–Trinajstić information content (AvgIpc) is 3.25. The Bertz CT molecular complexity index is 1290. The Balaban J connectivity index is 1.37. The van der Waals surface area contributed by atoms with Gasteiger partial charge in [0.1, 0.15) is 11.6 Å². The Labute approximate surface area is 188 Å². The number of carbonyl (C=O) groups is 1. The largest absolute Gasteiger partial charge is 0.484 e. The van der Waals surface area contributed by atoms with Crippen molar-refractivity contribution < 1.29 is 9.53 Å². The fraction of sp³-hybridized carbons (Fsp3) is 0.182. The lowest BCUT2D eigenvalue weighted by Crippen LogP contribution is -2.47. The van der Waals surface area contributed by atoms with Gasteiger partial charge in [0.25, 0.3) is 5.91 Å². The number of nitrogens with two attached hydrogens (primary N) is 1. The van der Waals surface area contributed by atoms with Gasteiger partial charge in [0, 0.05) is 23.3 Å². The van der Waals surface area contributed by atoms with E-state index in [-0.39, 0.29) is 24.5 Å². The molecule has 1 amide bonds. The molecular weight excluding hydrogens is 430 g/mol. The topological polar surface area (TPSA) is 122 Å². The molecule has 1 aliphatic heterocycles. The van der Waals surface area contributed by atoms with Gasteiger partial charge in [-0.2, -0.15) is 15.1 Å². The number of benzene rings is 2. The summed E-state index contributed by atoms with van der Waals surface area (Å²) in [4.78, 5) is 23.3. The summed E-state index contributed by atoms with van der Waals surface area (Å²) >= 11 is 6.01. The highest BCUT2D eigenvalue weighted by atomic mass is 35.5.